The molecule has 1 aromatic carbocycles. The van der Waals surface area contributed by atoms with E-state index in [1.807, 2.05) is 19.9 Å². The lowest BCUT2D eigenvalue weighted by Gasteiger charge is -2.43. The second kappa shape index (κ2) is 10.2. The molecule has 0 saturated heterocycles. The standard InChI is InChI=1S/C27H31F3N2O3/c1-7-18(35-6)13-19-16(3)31-25-20(19)10-15(2)32(14-27(4,5)30)26(25)24-21(28)11-17(12-22(24)29)8-9-23(33)34/h7-9,11-13,15,26,31H,1,10,14H2,2-6H3,(H,33,34)/b9-8+,18-13+. The van der Waals surface area contributed by atoms with Crippen molar-refractivity contribution < 1.29 is 27.8 Å². The van der Waals surface area contributed by atoms with Crippen LogP contribution in [0.25, 0.3) is 12.2 Å². The van der Waals surface area contributed by atoms with Gasteiger partial charge in [0.2, 0.25) is 0 Å². The number of hydrogen-bond donors (Lipinski definition) is 2. The number of benzene rings is 1. The summed E-state index contributed by atoms with van der Waals surface area (Å²) in [6.07, 6.45) is 5.87. The van der Waals surface area contributed by atoms with Gasteiger partial charge in [0.25, 0.3) is 0 Å². The van der Waals surface area contributed by atoms with E-state index >= 15 is 8.78 Å². The average Bonchev–Trinajstić information content (AvgIpc) is 3.05. The van der Waals surface area contributed by atoms with Crippen LogP contribution in [0.5, 0.6) is 0 Å². The van der Waals surface area contributed by atoms with Crippen molar-refractivity contribution in [3.8, 4) is 0 Å². The van der Waals surface area contributed by atoms with Gasteiger partial charge in [-0.05, 0) is 75.6 Å². The highest BCUT2D eigenvalue weighted by Crippen LogP contribution is 2.43. The second-order valence-electron chi connectivity index (χ2n) is 9.43. The Balaban J connectivity index is 2.25. The number of allylic oxidation sites excluding steroid dienone is 1. The van der Waals surface area contributed by atoms with Gasteiger partial charge in [-0.1, -0.05) is 6.58 Å². The Bertz CT molecular complexity index is 1170. The number of methoxy groups -OCH3 is 1. The Morgan fingerprint density at radius 1 is 1.34 bits per heavy atom. The SMILES string of the molecule is C=C/C(=C\c1c(C)[nH]c2c1CC(C)N(CC(C)(C)F)C2c1c(F)cc(/C=C/C(=O)O)cc1F)OC. The third-order valence-electron chi connectivity index (χ3n) is 6.12. The first-order valence-corrected chi connectivity index (χ1v) is 11.3. The van der Waals surface area contributed by atoms with Gasteiger partial charge in [-0.15, -0.1) is 0 Å². The molecule has 2 heterocycles. The van der Waals surface area contributed by atoms with Crippen LogP contribution in [0.15, 0.2) is 36.6 Å². The molecule has 3 rings (SSSR count). The Kier molecular flexibility index (Phi) is 7.65. The van der Waals surface area contributed by atoms with Gasteiger partial charge in [-0.3, -0.25) is 4.90 Å². The van der Waals surface area contributed by atoms with Crippen LogP contribution >= 0.6 is 0 Å². The minimum atomic E-state index is -1.61. The number of alkyl halides is 1. The van der Waals surface area contributed by atoms with Crippen LogP contribution in [-0.2, 0) is 16.0 Å². The molecule has 35 heavy (non-hydrogen) atoms. The third-order valence-corrected chi connectivity index (χ3v) is 6.12. The minimum Gasteiger partial charge on any atom is -0.497 e. The monoisotopic (exact) mass is 488 g/mol. The molecule has 1 aliphatic heterocycles. The third kappa shape index (κ3) is 5.70. The van der Waals surface area contributed by atoms with Crippen LogP contribution in [0.4, 0.5) is 13.2 Å². The van der Waals surface area contributed by atoms with E-state index in [2.05, 4.69) is 11.6 Å². The van der Waals surface area contributed by atoms with Crippen molar-refractivity contribution in [3.05, 3.63) is 81.9 Å². The van der Waals surface area contributed by atoms with Gasteiger partial charge in [-0.2, -0.15) is 0 Å². The molecule has 1 aliphatic rings. The second-order valence-corrected chi connectivity index (χ2v) is 9.43. The first kappa shape index (κ1) is 26.3. The molecule has 0 bridgehead atoms. The Morgan fingerprint density at radius 2 is 1.97 bits per heavy atom. The summed E-state index contributed by atoms with van der Waals surface area (Å²) in [6.45, 7) is 10.3. The molecule has 0 aliphatic carbocycles. The van der Waals surface area contributed by atoms with E-state index in [9.17, 15) is 9.18 Å². The van der Waals surface area contributed by atoms with Gasteiger partial charge in [0.05, 0.1) is 13.2 Å². The number of H-pyrrole nitrogens is 1. The number of hydrogen-bond acceptors (Lipinski definition) is 3. The number of aromatic nitrogens is 1. The van der Waals surface area contributed by atoms with Crippen molar-refractivity contribution in [3.63, 3.8) is 0 Å². The summed E-state index contributed by atoms with van der Waals surface area (Å²) in [4.78, 5) is 15.9. The fourth-order valence-corrected chi connectivity index (χ4v) is 4.66. The number of ether oxygens (including phenoxy) is 1. The van der Waals surface area contributed by atoms with Crippen LogP contribution in [0, 0.1) is 18.6 Å². The number of fused-ring (bicyclic) bond motifs is 1. The molecule has 2 unspecified atom stereocenters. The van der Waals surface area contributed by atoms with Gasteiger partial charge in [-0.25, -0.2) is 18.0 Å². The zero-order chi connectivity index (χ0) is 26.1. The molecule has 2 aromatic rings. The summed E-state index contributed by atoms with van der Waals surface area (Å²) in [5.41, 5.74) is 1.33. The lowest BCUT2D eigenvalue weighted by Crippen LogP contribution is -2.48. The highest BCUT2D eigenvalue weighted by Gasteiger charge is 2.41. The first-order chi connectivity index (χ1) is 16.4. The summed E-state index contributed by atoms with van der Waals surface area (Å²) >= 11 is 0. The Labute approximate surface area is 203 Å². The topological polar surface area (TPSA) is 65.6 Å². The molecule has 188 valence electrons. The summed E-state index contributed by atoms with van der Waals surface area (Å²) < 4.78 is 51.1. The number of nitrogens with one attached hydrogen (secondary N) is 1. The van der Waals surface area contributed by atoms with Crippen molar-refractivity contribution >= 4 is 18.1 Å². The van der Waals surface area contributed by atoms with Crippen molar-refractivity contribution in [1.82, 2.24) is 9.88 Å². The number of nitrogens with zero attached hydrogens (tertiary/aromatic N) is 1. The number of carbonyl (C=O) groups is 1. The highest BCUT2D eigenvalue weighted by atomic mass is 19.1. The molecule has 0 spiro atoms. The van der Waals surface area contributed by atoms with Gasteiger partial charge in [0.1, 0.15) is 23.1 Å². The highest BCUT2D eigenvalue weighted by molar-refractivity contribution is 5.85. The van der Waals surface area contributed by atoms with Crippen LogP contribution in [-0.4, -0.2) is 46.3 Å². The quantitative estimate of drug-likeness (QED) is 0.274. The minimum absolute atomic E-state index is 0.0446. The molecule has 1 aromatic heterocycles. The molecule has 0 fully saturated rings. The molecule has 2 atom stereocenters. The number of aromatic amines is 1. The van der Waals surface area contributed by atoms with Crippen molar-refractivity contribution in [2.45, 2.75) is 51.9 Å². The Morgan fingerprint density at radius 3 is 2.49 bits per heavy atom. The summed E-state index contributed by atoms with van der Waals surface area (Å²) in [7, 11) is 1.53. The average molecular weight is 489 g/mol. The van der Waals surface area contributed by atoms with Crippen molar-refractivity contribution in [1.29, 1.82) is 0 Å². The maximum absolute atomic E-state index is 15.5. The zero-order valence-electron chi connectivity index (χ0n) is 20.6. The largest absolute Gasteiger partial charge is 0.497 e. The molecule has 5 nitrogen and oxygen atoms in total. The molecular formula is C27H31F3N2O3. The first-order valence-electron chi connectivity index (χ1n) is 11.3. The molecule has 0 saturated carbocycles. The molecule has 0 radical (unpaired) electrons. The lowest BCUT2D eigenvalue weighted by atomic mass is 9.86. The summed E-state index contributed by atoms with van der Waals surface area (Å²) in [6, 6.07) is 1.03. The predicted octanol–water partition coefficient (Wildman–Crippen LogP) is 5.96. The van der Waals surface area contributed by atoms with Gasteiger partial charge >= 0.3 is 5.97 Å². The molecule has 8 heteroatoms. The number of carboxylic acids is 1. The van der Waals surface area contributed by atoms with Gasteiger partial charge in [0, 0.05) is 41.2 Å². The number of carboxylic acid groups (broad SMARTS) is 1. The smallest absolute Gasteiger partial charge is 0.328 e. The number of aryl methyl sites for hydroxylation is 1. The lowest BCUT2D eigenvalue weighted by molar-refractivity contribution is -0.131. The van der Waals surface area contributed by atoms with Crippen molar-refractivity contribution in [2.75, 3.05) is 13.7 Å². The van der Waals surface area contributed by atoms with Gasteiger partial charge < -0.3 is 14.8 Å². The van der Waals surface area contributed by atoms with E-state index in [-0.39, 0.29) is 23.7 Å². The number of halogens is 3. The summed E-state index contributed by atoms with van der Waals surface area (Å²) in [5, 5.41) is 8.84. The van der Waals surface area contributed by atoms with E-state index < -0.39 is 29.3 Å². The molecular weight excluding hydrogens is 457 g/mol. The fourth-order valence-electron chi connectivity index (χ4n) is 4.66. The number of aliphatic carboxylic acids is 1. The van der Waals surface area contributed by atoms with E-state index in [4.69, 9.17) is 9.84 Å². The maximum Gasteiger partial charge on any atom is 0.328 e. The normalized spacial score (nSPS) is 19.1. The summed E-state index contributed by atoms with van der Waals surface area (Å²) in [5.74, 6) is -2.36. The van der Waals surface area contributed by atoms with E-state index in [1.165, 1.54) is 21.0 Å². The van der Waals surface area contributed by atoms with Crippen LogP contribution in [0.3, 0.4) is 0 Å². The van der Waals surface area contributed by atoms with Gasteiger partial charge in [0.15, 0.2) is 0 Å². The van der Waals surface area contributed by atoms with Crippen LogP contribution in [0.2, 0.25) is 0 Å². The van der Waals surface area contributed by atoms with E-state index in [0.29, 0.717) is 17.9 Å². The van der Waals surface area contributed by atoms with Crippen molar-refractivity contribution in [2.24, 2.45) is 0 Å². The maximum atomic E-state index is 15.5. The van der Waals surface area contributed by atoms with E-state index in [1.54, 1.807) is 11.0 Å². The molecule has 0 amide bonds. The van der Waals surface area contributed by atoms with Crippen LogP contribution < -0.4 is 0 Å². The predicted molar refractivity (Wildman–Crippen MR) is 131 cm³/mol. The zero-order valence-corrected chi connectivity index (χ0v) is 20.6. The molecule has 2 N–H and O–H groups in total. The van der Waals surface area contributed by atoms with E-state index in [0.717, 1.165) is 41.1 Å². The Hall–Kier alpha value is -3.26. The van der Waals surface area contributed by atoms with Crippen LogP contribution in [0.1, 0.15) is 60.5 Å². The fraction of sp³-hybridized carbons (Fsp3) is 0.370. The number of rotatable bonds is 8.